The fourth-order valence-electron chi connectivity index (χ4n) is 1.60. The molecule has 1 aliphatic heterocycles. The number of nitrogens with two attached hydrogens (primary N) is 1. The number of ether oxygens (including phenoxy) is 1. The first-order valence-electron chi connectivity index (χ1n) is 4.90. The Morgan fingerprint density at radius 2 is 2.33 bits per heavy atom. The molecule has 0 aromatic rings. The summed E-state index contributed by atoms with van der Waals surface area (Å²) in [6.45, 7) is 7.15. The molecule has 0 radical (unpaired) electrons. The number of hydrogen-bond acceptors (Lipinski definition) is 3. The standard InChI is InChI=1S/C9H20N2O/c1-2-4-11-5-3-9(8-10)12-7-6-11/h9H,2-8,10H2,1H3. The van der Waals surface area contributed by atoms with Crippen LogP contribution in [0.4, 0.5) is 0 Å². The monoisotopic (exact) mass is 172 g/mol. The predicted molar refractivity (Wildman–Crippen MR) is 50.1 cm³/mol. The zero-order valence-corrected chi connectivity index (χ0v) is 7.96. The minimum absolute atomic E-state index is 0.298. The van der Waals surface area contributed by atoms with Crippen molar-refractivity contribution in [1.29, 1.82) is 0 Å². The summed E-state index contributed by atoms with van der Waals surface area (Å²) in [6, 6.07) is 0. The van der Waals surface area contributed by atoms with Gasteiger partial charge in [-0.15, -0.1) is 0 Å². The molecular formula is C9H20N2O. The maximum atomic E-state index is 5.56. The lowest BCUT2D eigenvalue weighted by Crippen LogP contribution is -2.27. The van der Waals surface area contributed by atoms with E-state index in [9.17, 15) is 0 Å². The van der Waals surface area contributed by atoms with Gasteiger partial charge in [-0.2, -0.15) is 0 Å². The molecule has 1 unspecified atom stereocenters. The third-order valence-corrected chi connectivity index (χ3v) is 2.33. The Morgan fingerprint density at radius 3 is 3.00 bits per heavy atom. The van der Waals surface area contributed by atoms with Crippen molar-refractivity contribution in [2.75, 3.05) is 32.8 Å². The van der Waals surface area contributed by atoms with Gasteiger partial charge >= 0.3 is 0 Å². The normalized spacial score (nSPS) is 27.0. The number of nitrogens with zero attached hydrogens (tertiary/aromatic N) is 1. The molecule has 0 saturated carbocycles. The predicted octanol–water partition coefficient (Wildman–Crippen LogP) is 0.446. The fraction of sp³-hybridized carbons (Fsp3) is 1.00. The van der Waals surface area contributed by atoms with E-state index in [2.05, 4.69) is 11.8 Å². The van der Waals surface area contributed by atoms with Crippen molar-refractivity contribution in [3.63, 3.8) is 0 Å². The molecule has 1 aliphatic rings. The van der Waals surface area contributed by atoms with Crippen LogP contribution in [0.1, 0.15) is 19.8 Å². The molecule has 3 heteroatoms. The molecule has 0 aromatic carbocycles. The van der Waals surface area contributed by atoms with E-state index in [1.807, 2.05) is 0 Å². The second kappa shape index (κ2) is 5.51. The van der Waals surface area contributed by atoms with Crippen LogP contribution in [-0.4, -0.2) is 43.8 Å². The van der Waals surface area contributed by atoms with Crippen LogP contribution < -0.4 is 5.73 Å². The summed E-state index contributed by atoms with van der Waals surface area (Å²) < 4.78 is 5.56. The summed E-state index contributed by atoms with van der Waals surface area (Å²) in [6.07, 6.45) is 2.62. The summed E-state index contributed by atoms with van der Waals surface area (Å²) in [4.78, 5) is 2.45. The van der Waals surface area contributed by atoms with Gasteiger partial charge in [-0.05, 0) is 19.4 Å². The van der Waals surface area contributed by atoms with Gasteiger partial charge in [-0.3, -0.25) is 0 Å². The lowest BCUT2D eigenvalue weighted by molar-refractivity contribution is 0.0681. The third kappa shape index (κ3) is 3.09. The van der Waals surface area contributed by atoms with Crippen LogP contribution in [0.5, 0.6) is 0 Å². The van der Waals surface area contributed by atoms with Gasteiger partial charge in [-0.1, -0.05) is 6.92 Å². The van der Waals surface area contributed by atoms with Gasteiger partial charge in [0.15, 0.2) is 0 Å². The number of rotatable bonds is 3. The maximum Gasteiger partial charge on any atom is 0.0710 e. The van der Waals surface area contributed by atoms with E-state index in [0.717, 1.165) is 26.1 Å². The second-order valence-corrected chi connectivity index (χ2v) is 3.36. The largest absolute Gasteiger partial charge is 0.376 e. The van der Waals surface area contributed by atoms with Gasteiger partial charge in [0.05, 0.1) is 12.7 Å². The van der Waals surface area contributed by atoms with E-state index in [1.54, 1.807) is 0 Å². The van der Waals surface area contributed by atoms with Crippen LogP contribution in [0.2, 0.25) is 0 Å². The average molecular weight is 172 g/mol. The summed E-state index contributed by atoms with van der Waals surface area (Å²) in [7, 11) is 0. The fourth-order valence-corrected chi connectivity index (χ4v) is 1.60. The van der Waals surface area contributed by atoms with Gasteiger partial charge in [-0.25, -0.2) is 0 Å². The summed E-state index contributed by atoms with van der Waals surface area (Å²) in [5.41, 5.74) is 5.55. The van der Waals surface area contributed by atoms with Gasteiger partial charge < -0.3 is 15.4 Å². The van der Waals surface area contributed by atoms with Gasteiger partial charge in [0.25, 0.3) is 0 Å². The van der Waals surface area contributed by atoms with Crippen LogP contribution in [0.3, 0.4) is 0 Å². The summed E-state index contributed by atoms with van der Waals surface area (Å²) in [5.74, 6) is 0. The Kier molecular flexibility index (Phi) is 4.58. The molecule has 1 atom stereocenters. The highest BCUT2D eigenvalue weighted by molar-refractivity contribution is 4.68. The van der Waals surface area contributed by atoms with E-state index in [-0.39, 0.29) is 0 Å². The van der Waals surface area contributed by atoms with Gasteiger partial charge in [0.2, 0.25) is 0 Å². The second-order valence-electron chi connectivity index (χ2n) is 3.36. The van der Waals surface area contributed by atoms with Gasteiger partial charge in [0.1, 0.15) is 0 Å². The SMILES string of the molecule is CCCN1CCOC(CN)CC1. The van der Waals surface area contributed by atoms with E-state index in [0.29, 0.717) is 12.6 Å². The smallest absolute Gasteiger partial charge is 0.0710 e. The zero-order valence-electron chi connectivity index (χ0n) is 7.96. The molecule has 1 rings (SSSR count). The molecule has 2 N–H and O–H groups in total. The Labute approximate surface area is 74.9 Å². The topological polar surface area (TPSA) is 38.5 Å². The highest BCUT2D eigenvalue weighted by Crippen LogP contribution is 2.05. The first-order valence-corrected chi connectivity index (χ1v) is 4.90. The van der Waals surface area contributed by atoms with Crippen LogP contribution in [0.25, 0.3) is 0 Å². The Hall–Kier alpha value is -0.120. The molecule has 0 aliphatic carbocycles. The van der Waals surface area contributed by atoms with Crippen molar-refractivity contribution in [2.45, 2.75) is 25.9 Å². The molecule has 1 heterocycles. The van der Waals surface area contributed by atoms with Crippen molar-refractivity contribution >= 4 is 0 Å². The van der Waals surface area contributed by atoms with Gasteiger partial charge in [0, 0.05) is 19.6 Å². The molecule has 1 saturated heterocycles. The van der Waals surface area contributed by atoms with E-state index >= 15 is 0 Å². The van der Waals surface area contributed by atoms with Crippen molar-refractivity contribution in [1.82, 2.24) is 4.90 Å². The summed E-state index contributed by atoms with van der Waals surface area (Å²) >= 11 is 0. The third-order valence-electron chi connectivity index (χ3n) is 2.33. The molecule has 1 fully saturated rings. The van der Waals surface area contributed by atoms with Crippen molar-refractivity contribution < 1.29 is 4.74 Å². The van der Waals surface area contributed by atoms with Crippen LogP contribution in [-0.2, 0) is 4.74 Å². The minimum atomic E-state index is 0.298. The van der Waals surface area contributed by atoms with Crippen molar-refractivity contribution in [3.05, 3.63) is 0 Å². The molecule has 3 nitrogen and oxygen atoms in total. The average Bonchev–Trinajstić information content (AvgIpc) is 2.31. The number of hydrogen-bond donors (Lipinski definition) is 1. The highest BCUT2D eigenvalue weighted by atomic mass is 16.5. The van der Waals surface area contributed by atoms with Crippen molar-refractivity contribution in [3.8, 4) is 0 Å². The van der Waals surface area contributed by atoms with E-state index in [1.165, 1.54) is 13.0 Å². The summed E-state index contributed by atoms with van der Waals surface area (Å²) in [5, 5.41) is 0. The quantitative estimate of drug-likeness (QED) is 0.671. The minimum Gasteiger partial charge on any atom is -0.376 e. The van der Waals surface area contributed by atoms with Crippen LogP contribution in [0.15, 0.2) is 0 Å². The maximum absolute atomic E-state index is 5.56. The van der Waals surface area contributed by atoms with E-state index < -0.39 is 0 Å². The first kappa shape index (κ1) is 9.96. The molecule has 0 spiro atoms. The Balaban J connectivity index is 2.24. The first-order chi connectivity index (χ1) is 5.86. The van der Waals surface area contributed by atoms with Crippen molar-refractivity contribution in [2.24, 2.45) is 5.73 Å². The zero-order chi connectivity index (χ0) is 8.81. The molecule has 12 heavy (non-hydrogen) atoms. The van der Waals surface area contributed by atoms with Crippen LogP contribution in [0, 0.1) is 0 Å². The molecule has 0 aromatic heterocycles. The molecular weight excluding hydrogens is 152 g/mol. The Morgan fingerprint density at radius 1 is 1.50 bits per heavy atom. The molecule has 72 valence electrons. The molecule has 0 bridgehead atoms. The lowest BCUT2D eigenvalue weighted by atomic mass is 10.2. The lowest BCUT2D eigenvalue weighted by Gasteiger charge is -2.17. The Bertz CT molecular complexity index is 119. The van der Waals surface area contributed by atoms with E-state index in [4.69, 9.17) is 10.5 Å². The highest BCUT2D eigenvalue weighted by Gasteiger charge is 2.14. The molecule has 0 amide bonds. The van der Waals surface area contributed by atoms with Crippen LogP contribution >= 0.6 is 0 Å².